The second kappa shape index (κ2) is 12.7. The summed E-state index contributed by atoms with van der Waals surface area (Å²) in [6.45, 7) is 9.11. The first-order valence-electron chi connectivity index (χ1n) is 4.39. The predicted octanol–water partition coefficient (Wildman–Crippen LogP) is 2.73. The third-order valence-corrected chi connectivity index (χ3v) is 1.23. The molecule has 0 spiro atoms. The lowest BCUT2D eigenvalue weighted by molar-refractivity contribution is -0.135. The van der Waals surface area contributed by atoms with Gasteiger partial charge in [0, 0.05) is 0 Å². The van der Waals surface area contributed by atoms with E-state index in [9.17, 15) is 4.79 Å². The molecule has 0 aliphatic rings. The fourth-order valence-corrected chi connectivity index (χ4v) is 0.554. The van der Waals surface area contributed by atoms with Crippen molar-refractivity contribution in [1.29, 1.82) is 5.26 Å². The third-order valence-electron chi connectivity index (χ3n) is 1.23. The van der Waals surface area contributed by atoms with Crippen LogP contribution in [0.2, 0.25) is 0 Å². The molecule has 0 aromatic heterocycles. The van der Waals surface area contributed by atoms with Crippen molar-refractivity contribution in [2.75, 3.05) is 7.11 Å². The molecule has 0 aliphatic heterocycles. The molecule has 16 heavy (non-hydrogen) atoms. The summed E-state index contributed by atoms with van der Waals surface area (Å²) in [7, 11) is 1.20. The van der Waals surface area contributed by atoms with Gasteiger partial charge in [0.05, 0.1) is 7.11 Å². The Morgan fingerprint density at radius 1 is 1.12 bits per heavy atom. The predicted molar refractivity (Wildman–Crippen MR) is 64.5 cm³/mol. The zero-order valence-corrected chi connectivity index (χ0v) is 9.35. The highest BCUT2D eigenvalue weighted by Crippen LogP contribution is 1.87. The second-order valence-electron chi connectivity index (χ2n) is 2.24. The van der Waals surface area contributed by atoms with Crippen LogP contribution in [0.25, 0.3) is 0 Å². The van der Waals surface area contributed by atoms with Crippen LogP contribution >= 0.6 is 0 Å². The Morgan fingerprint density at radius 2 is 1.44 bits per heavy atom. The van der Waals surface area contributed by atoms with E-state index in [-0.39, 0.29) is 5.57 Å². The molecule has 84 valence electrons. The maximum atomic E-state index is 10.2. The van der Waals surface area contributed by atoms with Crippen LogP contribution in [0.1, 0.15) is 0 Å². The summed E-state index contributed by atoms with van der Waals surface area (Å²) in [6.07, 6.45) is 0. The van der Waals surface area contributed by atoms with Gasteiger partial charge < -0.3 is 4.74 Å². The molecule has 0 heterocycles. The number of nitrogens with zero attached hydrogens (tertiary/aromatic N) is 1. The normalized spacial score (nSPS) is 6.75. The monoisotopic (exact) mass is 217 g/mol. The maximum absolute atomic E-state index is 10.2. The number of hydrogen-bond acceptors (Lipinski definition) is 3. The van der Waals surface area contributed by atoms with Gasteiger partial charge in [-0.2, -0.15) is 5.26 Å². The van der Waals surface area contributed by atoms with Crippen molar-refractivity contribution in [3.05, 3.63) is 61.7 Å². The number of ether oxygens (including phenoxy) is 1. The molecule has 3 nitrogen and oxygen atoms in total. The fourth-order valence-electron chi connectivity index (χ4n) is 0.554. The van der Waals surface area contributed by atoms with Gasteiger partial charge in [0.2, 0.25) is 0 Å². The number of carbonyl (C=O) groups excluding carboxylic acids is 1. The number of rotatable bonds is 1. The van der Waals surface area contributed by atoms with Crippen molar-refractivity contribution < 1.29 is 9.53 Å². The van der Waals surface area contributed by atoms with E-state index in [0.29, 0.717) is 0 Å². The molecule has 0 N–H and O–H groups in total. The smallest absolute Gasteiger partial charge is 0.347 e. The largest absolute Gasteiger partial charge is 0.465 e. The van der Waals surface area contributed by atoms with Crippen LogP contribution in [0.15, 0.2) is 61.7 Å². The summed E-state index contributed by atoms with van der Waals surface area (Å²) in [5.74, 6) is -0.674. The highest BCUT2D eigenvalue weighted by molar-refractivity contribution is 5.91. The molecule has 0 unspecified atom stereocenters. The zero-order valence-electron chi connectivity index (χ0n) is 9.35. The first kappa shape index (κ1) is 16.1. The number of nitriles is 1. The van der Waals surface area contributed by atoms with E-state index < -0.39 is 5.97 Å². The summed E-state index contributed by atoms with van der Waals surface area (Å²) < 4.78 is 4.14. The molecule has 0 saturated heterocycles. The number of hydrogen-bond donors (Lipinski definition) is 0. The van der Waals surface area contributed by atoms with E-state index in [0.717, 1.165) is 0 Å². The molecule has 1 rings (SSSR count). The topological polar surface area (TPSA) is 50.1 Å². The van der Waals surface area contributed by atoms with Crippen LogP contribution < -0.4 is 0 Å². The minimum absolute atomic E-state index is 0.174. The molecule has 0 bridgehead atoms. The molecular weight excluding hydrogens is 202 g/mol. The van der Waals surface area contributed by atoms with Gasteiger partial charge in [0.15, 0.2) is 0 Å². The van der Waals surface area contributed by atoms with Crippen molar-refractivity contribution in [3.63, 3.8) is 0 Å². The second-order valence-corrected chi connectivity index (χ2v) is 2.24. The van der Waals surface area contributed by atoms with Crippen LogP contribution in [-0.2, 0) is 9.53 Å². The minimum Gasteiger partial charge on any atom is -0.465 e. The van der Waals surface area contributed by atoms with Gasteiger partial charge in [-0.1, -0.05) is 43.0 Å². The van der Waals surface area contributed by atoms with Crippen LogP contribution in [0.4, 0.5) is 0 Å². The van der Waals surface area contributed by atoms with Gasteiger partial charge in [-0.25, -0.2) is 4.79 Å². The van der Waals surface area contributed by atoms with Crippen LogP contribution in [0, 0.1) is 11.3 Å². The lowest BCUT2D eigenvalue weighted by Crippen LogP contribution is -2.00. The van der Waals surface area contributed by atoms with Gasteiger partial charge in [-0.05, 0) is 0 Å². The van der Waals surface area contributed by atoms with E-state index in [2.05, 4.69) is 24.5 Å². The van der Waals surface area contributed by atoms with Crippen molar-refractivity contribution in [3.8, 4) is 6.07 Å². The van der Waals surface area contributed by atoms with Crippen molar-refractivity contribution in [2.24, 2.45) is 0 Å². The Morgan fingerprint density at radius 3 is 1.56 bits per heavy atom. The minimum atomic E-state index is -0.674. The molecule has 1 aromatic rings. The summed E-state index contributed by atoms with van der Waals surface area (Å²) in [5.41, 5.74) is -0.174. The van der Waals surface area contributed by atoms with E-state index in [4.69, 9.17) is 5.26 Å². The number of carbonyl (C=O) groups is 1. The zero-order chi connectivity index (χ0) is 12.8. The quantitative estimate of drug-likeness (QED) is 0.314. The first-order valence-corrected chi connectivity index (χ1v) is 4.39. The van der Waals surface area contributed by atoms with E-state index >= 15 is 0 Å². The molecule has 0 atom stereocenters. The third kappa shape index (κ3) is 9.75. The molecule has 0 saturated carbocycles. The Kier molecular flexibility index (Phi) is 12.7. The number of benzene rings is 1. The lowest BCUT2D eigenvalue weighted by atomic mass is 10.3. The highest BCUT2D eigenvalue weighted by Gasteiger charge is 2.01. The molecule has 0 radical (unpaired) electrons. The van der Waals surface area contributed by atoms with E-state index in [1.807, 2.05) is 36.4 Å². The summed E-state index contributed by atoms with van der Waals surface area (Å²) in [6, 6.07) is 13.5. The van der Waals surface area contributed by atoms with Gasteiger partial charge in [0.25, 0.3) is 0 Å². The summed E-state index contributed by atoms with van der Waals surface area (Å²) in [5, 5.41) is 7.99. The molecular formula is C13H15NO2. The van der Waals surface area contributed by atoms with Crippen LogP contribution in [-0.4, -0.2) is 13.1 Å². The Hall–Kier alpha value is -2.34. The van der Waals surface area contributed by atoms with Crippen LogP contribution in [0.3, 0.4) is 0 Å². The Bertz CT molecular complexity index is 312. The number of methoxy groups -OCH3 is 1. The molecule has 0 aliphatic carbocycles. The van der Waals surface area contributed by atoms with Crippen molar-refractivity contribution in [2.45, 2.75) is 0 Å². The van der Waals surface area contributed by atoms with Crippen molar-refractivity contribution in [1.82, 2.24) is 0 Å². The van der Waals surface area contributed by atoms with Gasteiger partial charge in [-0.3, -0.25) is 0 Å². The molecule has 0 fully saturated rings. The SMILES string of the molecule is C=C.C=C(C#N)C(=O)OC.c1ccccc1. The van der Waals surface area contributed by atoms with Gasteiger partial charge in [-0.15, -0.1) is 13.2 Å². The lowest BCUT2D eigenvalue weighted by Gasteiger charge is -1.89. The van der Waals surface area contributed by atoms with Crippen LogP contribution in [0.5, 0.6) is 0 Å². The molecule has 0 amide bonds. The molecule has 3 heteroatoms. The summed E-state index contributed by atoms with van der Waals surface area (Å²) in [4.78, 5) is 10.2. The molecule has 1 aromatic carbocycles. The first-order chi connectivity index (χ1) is 7.72. The Labute approximate surface area is 96.3 Å². The average molecular weight is 217 g/mol. The average Bonchev–Trinajstić information content (AvgIpc) is 2.41. The van der Waals surface area contributed by atoms with Crippen molar-refractivity contribution >= 4 is 5.97 Å². The van der Waals surface area contributed by atoms with Gasteiger partial charge >= 0.3 is 5.97 Å². The standard InChI is InChI=1S/C6H6.C5H5NO2.C2H4/c1-2-4-6-5-3-1;1-4(3-6)5(7)8-2;1-2/h1-6H;1H2,2H3;1-2H2. The van der Waals surface area contributed by atoms with E-state index in [1.165, 1.54) is 7.11 Å². The Balaban J connectivity index is 0. The van der Waals surface area contributed by atoms with E-state index in [1.54, 1.807) is 6.07 Å². The number of esters is 1. The van der Waals surface area contributed by atoms with Gasteiger partial charge in [0.1, 0.15) is 11.6 Å². The fraction of sp³-hybridized carbons (Fsp3) is 0.0769. The summed E-state index contributed by atoms with van der Waals surface area (Å²) >= 11 is 0. The highest BCUT2D eigenvalue weighted by atomic mass is 16.5. The maximum Gasteiger partial charge on any atom is 0.347 e.